The van der Waals surface area contributed by atoms with Crippen LogP contribution in [0.5, 0.6) is 5.75 Å². The van der Waals surface area contributed by atoms with Crippen LogP contribution in [0.4, 0.5) is 0 Å². The van der Waals surface area contributed by atoms with E-state index in [2.05, 4.69) is 20.9 Å². The van der Waals surface area contributed by atoms with Gasteiger partial charge in [0.2, 0.25) is 0 Å². The van der Waals surface area contributed by atoms with Crippen molar-refractivity contribution in [3.05, 3.63) is 58.3 Å². The molecule has 4 heteroatoms. The highest BCUT2D eigenvalue weighted by atomic mass is 79.9. The summed E-state index contributed by atoms with van der Waals surface area (Å²) in [6, 6.07) is 11.0. The molecule has 0 aliphatic carbocycles. The molecule has 0 aliphatic heterocycles. The van der Waals surface area contributed by atoms with Crippen molar-refractivity contribution >= 4 is 15.9 Å². The number of benzene rings is 1. The molecule has 0 amide bonds. The predicted octanol–water partition coefficient (Wildman–Crippen LogP) is 3.11. The topological polar surface area (TPSA) is 42.4 Å². The molecule has 1 N–H and O–H groups in total. The minimum atomic E-state index is -1.07. The molecule has 2 rings (SSSR count). The van der Waals surface area contributed by atoms with Crippen LogP contribution < -0.4 is 4.74 Å². The van der Waals surface area contributed by atoms with Crippen LogP contribution in [-0.2, 0) is 5.60 Å². The van der Waals surface area contributed by atoms with Gasteiger partial charge in [0.25, 0.3) is 0 Å². The summed E-state index contributed by atoms with van der Waals surface area (Å²) in [5.41, 5.74) is 0.475. The number of aliphatic hydroxyl groups is 1. The SMILES string of the molecule is COc1ccc(C(C)(O)c2ccc(Br)nc2)cc1. The summed E-state index contributed by atoms with van der Waals surface area (Å²) in [4.78, 5) is 4.14. The van der Waals surface area contributed by atoms with Crippen molar-refractivity contribution in [3.63, 3.8) is 0 Å². The van der Waals surface area contributed by atoms with E-state index in [0.29, 0.717) is 0 Å². The summed E-state index contributed by atoms with van der Waals surface area (Å²) in [5, 5.41) is 10.6. The van der Waals surface area contributed by atoms with Crippen molar-refractivity contribution < 1.29 is 9.84 Å². The molecule has 18 heavy (non-hydrogen) atoms. The monoisotopic (exact) mass is 307 g/mol. The summed E-state index contributed by atoms with van der Waals surface area (Å²) in [5.74, 6) is 0.767. The molecule has 2 aromatic rings. The highest BCUT2D eigenvalue weighted by Crippen LogP contribution is 2.30. The first kappa shape index (κ1) is 13.1. The first-order valence-corrected chi connectivity index (χ1v) is 6.32. The number of aromatic nitrogens is 1. The third-order valence-electron chi connectivity index (χ3n) is 2.94. The van der Waals surface area contributed by atoms with E-state index in [1.807, 2.05) is 36.4 Å². The van der Waals surface area contributed by atoms with Gasteiger partial charge in [-0.1, -0.05) is 18.2 Å². The Balaban J connectivity index is 2.37. The Kier molecular flexibility index (Phi) is 3.68. The van der Waals surface area contributed by atoms with E-state index in [9.17, 15) is 5.11 Å². The van der Waals surface area contributed by atoms with Gasteiger partial charge in [-0.2, -0.15) is 0 Å². The second-order valence-corrected chi connectivity index (χ2v) is 4.98. The zero-order chi connectivity index (χ0) is 13.2. The van der Waals surface area contributed by atoms with Crippen molar-refractivity contribution in [1.29, 1.82) is 0 Å². The smallest absolute Gasteiger partial charge is 0.118 e. The lowest BCUT2D eigenvalue weighted by molar-refractivity contribution is 0.102. The number of ether oxygens (including phenoxy) is 1. The van der Waals surface area contributed by atoms with Crippen LogP contribution in [-0.4, -0.2) is 17.2 Å². The fourth-order valence-corrected chi connectivity index (χ4v) is 1.98. The molecule has 0 fully saturated rings. The van der Waals surface area contributed by atoms with Gasteiger partial charge in [0.1, 0.15) is 16.0 Å². The number of nitrogens with zero attached hydrogens (tertiary/aromatic N) is 1. The standard InChI is InChI=1S/C14H14BrNO2/c1-14(17,11-5-8-13(15)16-9-11)10-3-6-12(18-2)7-4-10/h3-9,17H,1-2H3. The predicted molar refractivity (Wildman–Crippen MR) is 73.6 cm³/mol. The number of rotatable bonds is 3. The third-order valence-corrected chi connectivity index (χ3v) is 3.41. The number of methoxy groups -OCH3 is 1. The third kappa shape index (κ3) is 2.54. The Labute approximate surface area is 115 Å². The van der Waals surface area contributed by atoms with E-state index in [0.717, 1.165) is 21.5 Å². The molecule has 94 valence electrons. The van der Waals surface area contributed by atoms with Crippen LogP contribution in [0.3, 0.4) is 0 Å². The van der Waals surface area contributed by atoms with Crippen LogP contribution >= 0.6 is 15.9 Å². The van der Waals surface area contributed by atoms with Gasteiger partial charge in [-0.3, -0.25) is 0 Å². The Morgan fingerprint density at radius 1 is 1.11 bits per heavy atom. The van der Waals surface area contributed by atoms with Gasteiger partial charge in [-0.05, 0) is 46.6 Å². The van der Waals surface area contributed by atoms with E-state index >= 15 is 0 Å². The maximum atomic E-state index is 10.6. The number of hydrogen-bond donors (Lipinski definition) is 1. The molecule has 0 bridgehead atoms. The Hall–Kier alpha value is -1.39. The molecule has 1 aromatic heterocycles. The number of hydrogen-bond acceptors (Lipinski definition) is 3. The summed E-state index contributed by atoms with van der Waals surface area (Å²) in [6.45, 7) is 1.75. The molecule has 1 unspecified atom stereocenters. The zero-order valence-electron chi connectivity index (χ0n) is 10.2. The minimum Gasteiger partial charge on any atom is -0.497 e. The molecule has 1 heterocycles. The summed E-state index contributed by atoms with van der Waals surface area (Å²) in [7, 11) is 1.62. The molecular formula is C14H14BrNO2. The molecule has 1 atom stereocenters. The van der Waals surface area contributed by atoms with E-state index in [1.54, 1.807) is 20.2 Å². The maximum absolute atomic E-state index is 10.6. The molecule has 3 nitrogen and oxygen atoms in total. The van der Waals surface area contributed by atoms with Crippen LogP contribution in [0.2, 0.25) is 0 Å². The second kappa shape index (κ2) is 5.08. The van der Waals surface area contributed by atoms with E-state index in [4.69, 9.17) is 4.74 Å². The van der Waals surface area contributed by atoms with Crippen LogP contribution in [0, 0.1) is 0 Å². The molecule has 0 spiro atoms. The molecular weight excluding hydrogens is 294 g/mol. The molecule has 0 radical (unpaired) electrons. The number of halogens is 1. The Morgan fingerprint density at radius 3 is 2.22 bits per heavy atom. The van der Waals surface area contributed by atoms with Gasteiger partial charge in [0.05, 0.1) is 7.11 Å². The summed E-state index contributed by atoms with van der Waals surface area (Å²) < 4.78 is 5.85. The van der Waals surface area contributed by atoms with E-state index in [1.165, 1.54) is 0 Å². The average molecular weight is 308 g/mol. The van der Waals surface area contributed by atoms with Crippen molar-refractivity contribution in [2.75, 3.05) is 7.11 Å². The van der Waals surface area contributed by atoms with E-state index in [-0.39, 0.29) is 0 Å². The fourth-order valence-electron chi connectivity index (χ4n) is 1.75. The largest absolute Gasteiger partial charge is 0.497 e. The van der Waals surface area contributed by atoms with Gasteiger partial charge >= 0.3 is 0 Å². The van der Waals surface area contributed by atoms with Gasteiger partial charge < -0.3 is 9.84 Å². The maximum Gasteiger partial charge on any atom is 0.118 e. The first-order valence-electron chi connectivity index (χ1n) is 5.53. The van der Waals surface area contributed by atoms with Crippen molar-refractivity contribution in [2.45, 2.75) is 12.5 Å². The number of pyridine rings is 1. The molecule has 0 saturated carbocycles. The van der Waals surface area contributed by atoms with Crippen molar-refractivity contribution in [3.8, 4) is 5.75 Å². The van der Waals surface area contributed by atoms with Crippen molar-refractivity contribution in [1.82, 2.24) is 4.98 Å². The average Bonchev–Trinajstić information content (AvgIpc) is 2.39. The normalized spacial score (nSPS) is 14.0. The van der Waals surface area contributed by atoms with Crippen LogP contribution in [0.15, 0.2) is 47.2 Å². The Bertz CT molecular complexity index is 520. The van der Waals surface area contributed by atoms with Gasteiger partial charge in [0.15, 0.2) is 0 Å². The van der Waals surface area contributed by atoms with Crippen LogP contribution in [0.25, 0.3) is 0 Å². The molecule has 0 aliphatic rings. The fraction of sp³-hybridized carbons (Fsp3) is 0.214. The summed E-state index contributed by atoms with van der Waals surface area (Å²) >= 11 is 3.28. The van der Waals surface area contributed by atoms with Crippen molar-refractivity contribution in [2.24, 2.45) is 0 Å². The lowest BCUT2D eigenvalue weighted by atomic mass is 9.89. The molecule has 1 aromatic carbocycles. The van der Waals surface area contributed by atoms with Gasteiger partial charge in [-0.15, -0.1) is 0 Å². The lowest BCUT2D eigenvalue weighted by Crippen LogP contribution is -2.22. The lowest BCUT2D eigenvalue weighted by Gasteiger charge is -2.24. The second-order valence-electron chi connectivity index (χ2n) is 4.17. The first-order chi connectivity index (χ1) is 8.54. The molecule has 0 saturated heterocycles. The van der Waals surface area contributed by atoms with Gasteiger partial charge in [-0.25, -0.2) is 4.98 Å². The van der Waals surface area contributed by atoms with E-state index < -0.39 is 5.60 Å². The highest BCUT2D eigenvalue weighted by molar-refractivity contribution is 9.10. The quantitative estimate of drug-likeness (QED) is 0.886. The Morgan fingerprint density at radius 2 is 1.72 bits per heavy atom. The van der Waals surface area contributed by atoms with Gasteiger partial charge in [0, 0.05) is 11.8 Å². The zero-order valence-corrected chi connectivity index (χ0v) is 11.8. The highest BCUT2D eigenvalue weighted by Gasteiger charge is 2.25. The minimum absolute atomic E-state index is 0.746. The summed E-state index contributed by atoms with van der Waals surface area (Å²) in [6.07, 6.45) is 1.66. The van der Waals surface area contributed by atoms with Crippen LogP contribution in [0.1, 0.15) is 18.1 Å².